The lowest BCUT2D eigenvalue weighted by atomic mass is 9.99. The van der Waals surface area contributed by atoms with Gasteiger partial charge in [0.1, 0.15) is 0 Å². The fourth-order valence-electron chi connectivity index (χ4n) is 3.43. The van der Waals surface area contributed by atoms with Gasteiger partial charge in [-0.25, -0.2) is 4.98 Å². The number of carbonyl (C=O) groups excluding carboxylic acids is 1. The van der Waals surface area contributed by atoms with E-state index < -0.39 is 4.92 Å². The minimum atomic E-state index is -0.510. The average molecular weight is 397 g/mol. The number of hydrogen-bond donors (Lipinski definition) is 0. The van der Waals surface area contributed by atoms with Crippen LogP contribution in [0.25, 0.3) is 10.2 Å². The second kappa shape index (κ2) is 7.93. The van der Waals surface area contributed by atoms with Crippen LogP contribution in [-0.2, 0) is 4.79 Å². The fraction of sp³-hybridized carbons (Fsp3) is 0.300. The van der Waals surface area contributed by atoms with Crippen LogP contribution in [0.15, 0.2) is 48.5 Å². The van der Waals surface area contributed by atoms with Gasteiger partial charge in [-0.1, -0.05) is 24.3 Å². The second-order valence-electron chi connectivity index (χ2n) is 6.71. The predicted molar refractivity (Wildman–Crippen MR) is 107 cm³/mol. The molecule has 0 radical (unpaired) electrons. The summed E-state index contributed by atoms with van der Waals surface area (Å²) in [5.74, 6) is 0.158. The number of aromatic nitrogens is 1. The molecule has 2 aromatic carbocycles. The molecule has 1 fully saturated rings. The van der Waals surface area contributed by atoms with Crippen molar-refractivity contribution in [3.05, 3.63) is 63.7 Å². The van der Waals surface area contributed by atoms with E-state index in [0.29, 0.717) is 13.1 Å². The van der Waals surface area contributed by atoms with Gasteiger partial charge in [0.15, 0.2) is 12.4 Å². The molecule has 1 atom stereocenters. The Hall–Kier alpha value is -3.00. The summed E-state index contributed by atoms with van der Waals surface area (Å²) in [5, 5.41) is 12.1. The maximum atomic E-state index is 12.6. The van der Waals surface area contributed by atoms with Gasteiger partial charge in [0.2, 0.25) is 0 Å². The highest BCUT2D eigenvalue weighted by Crippen LogP contribution is 2.33. The molecule has 3 aromatic rings. The topological polar surface area (TPSA) is 85.6 Å². The number of ether oxygens (including phenoxy) is 1. The van der Waals surface area contributed by atoms with Gasteiger partial charge in [-0.05, 0) is 31.0 Å². The Bertz CT molecular complexity index is 986. The van der Waals surface area contributed by atoms with Crippen molar-refractivity contribution in [1.82, 2.24) is 9.88 Å². The van der Waals surface area contributed by atoms with Crippen molar-refractivity contribution in [2.75, 3.05) is 19.7 Å². The monoisotopic (exact) mass is 397 g/mol. The van der Waals surface area contributed by atoms with Crippen molar-refractivity contribution in [3.8, 4) is 5.75 Å². The molecule has 0 bridgehead atoms. The first-order chi connectivity index (χ1) is 13.6. The van der Waals surface area contributed by atoms with Crippen molar-refractivity contribution in [2.45, 2.75) is 18.8 Å². The minimum absolute atomic E-state index is 0.112. The fourth-order valence-corrected chi connectivity index (χ4v) is 4.52. The zero-order valence-electron chi connectivity index (χ0n) is 15.1. The van der Waals surface area contributed by atoms with E-state index >= 15 is 0 Å². The maximum absolute atomic E-state index is 12.6. The van der Waals surface area contributed by atoms with Gasteiger partial charge >= 0.3 is 5.69 Å². The Morgan fingerprint density at radius 2 is 2.04 bits per heavy atom. The third-order valence-electron chi connectivity index (χ3n) is 4.85. The van der Waals surface area contributed by atoms with Crippen LogP contribution < -0.4 is 4.74 Å². The largest absolute Gasteiger partial charge is 0.477 e. The minimum Gasteiger partial charge on any atom is -0.477 e. The molecule has 2 heterocycles. The molecule has 1 amide bonds. The highest BCUT2D eigenvalue weighted by atomic mass is 32.1. The molecule has 144 valence electrons. The molecule has 7 nitrogen and oxygen atoms in total. The van der Waals surface area contributed by atoms with E-state index in [-0.39, 0.29) is 29.9 Å². The summed E-state index contributed by atoms with van der Waals surface area (Å²) >= 11 is 1.68. The molecule has 4 rings (SSSR count). The maximum Gasteiger partial charge on any atom is 0.310 e. The number of nitro groups is 1. The quantitative estimate of drug-likeness (QED) is 0.480. The van der Waals surface area contributed by atoms with Gasteiger partial charge in [0.05, 0.1) is 20.1 Å². The number of piperidine rings is 1. The van der Waals surface area contributed by atoms with E-state index in [1.54, 1.807) is 28.4 Å². The van der Waals surface area contributed by atoms with Gasteiger partial charge in [0, 0.05) is 25.1 Å². The molecular weight excluding hydrogens is 378 g/mol. The lowest BCUT2D eigenvalue weighted by Gasteiger charge is -2.31. The Morgan fingerprint density at radius 1 is 1.25 bits per heavy atom. The standard InChI is InChI=1S/C20H19N3O4S/c24-19(13-27-17-9-3-2-8-16(17)23(25)26)22-11-5-6-14(12-22)20-21-15-7-1-4-10-18(15)28-20/h1-4,7-10,14H,5-6,11-13H2. The molecule has 1 aliphatic rings. The number of thiazole rings is 1. The smallest absolute Gasteiger partial charge is 0.310 e. The summed E-state index contributed by atoms with van der Waals surface area (Å²) in [7, 11) is 0. The van der Waals surface area contributed by atoms with E-state index in [2.05, 4.69) is 6.07 Å². The molecule has 28 heavy (non-hydrogen) atoms. The Kier molecular flexibility index (Phi) is 5.21. The van der Waals surface area contributed by atoms with Gasteiger partial charge < -0.3 is 9.64 Å². The Morgan fingerprint density at radius 3 is 2.86 bits per heavy atom. The normalized spacial score (nSPS) is 16.9. The van der Waals surface area contributed by atoms with Crippen LogP contribution in [0, 0.1) is 10.1 Å². The van der Waals surface area contributed by atoms with E-state index in [1.807, 2.05) is 18.2 Å². The van der Waals surface area contributed by atoms with Crippen LogP contribution in [-0.4, -0.2) is 40.4 Å². The van der Waals surface area contributed by atoms with Crippen molar-refractivity contribution in [2.24, 2.45) is 0 Å². The Balaban J connectivity index is 1.41. The molecule has 8 heteroatoms. The molecule has 0 aliphatic carbocycles. The van der Waals surface area contributed by atoms with Crippen molar-refractivity contribution < 1.29 is 14.5 Å². The van der Waals surface area contributed by atoms with Crippen LogP contribution in [0.1, 0.15) is 23.8 Å². The Labute approximate surface area is 165 Å². The molecule has 1 aromatic heterocycles. The number of rotatable bonds is 5. The zero-order valence-corrected chi connectivity index (χ0v) is 15.9. The van der Waals surface area contributed by atoms with Crippen LogP contribution in [0.2, 0.25) is 0 Å². The molecule has 0 spiro atoms. The molecule has 1 saturated heterocycles. The van der Waals surface area contributed by atoms with Crippen LogP contribution in [0.3, 0.4) is 0 Å². The number of carbonyl (C=O) groups is 1. The van der Waals surface area contributed by atoms with Gasteiger partial charge in [-0.2, -0.15) is 0 Å². The van der Waals surface area contributed by atoms with Crippen LogP contribution >= 0.6 is 11.3 Å². The second-order valence-corrected chi connectivity index (χ2v) is 7.77. The number of hydrogen-bond acceptors (Lipinski definition) is 6. The predicted octanol–water partition coefficient (Wildman–Crippen LogP) is 3.99. The summed E-state index contributed by atoms with van der Waals surface area (Å²) in [6.45, 7) is 1.05. The number of para-hydroxylation sites is 3. The average Bonchev–Trinajstić information content (AvgIpc) is 3.16. The van der Waals surface area contributed by atoms with E-state index in [9.17, 15) is 14.9 Å². The van der Waals surface area contributed by atoms with Crippen molar-refractivity contribution in [1.29, 1.82) is 0 Å². The lowest BCUT2D eigenvalue weighted by molar-refractivity contribution is -0.385. The van der Waals surface area contributed by atoms with Crippen molar-refractivity contribution in [3.63, 3.8) is 0 Å². The van der Waals surface area contributed by atoms with E-state index in [1.165, 1.54) is 12.1 Å². The zero-order chi connectivity index (χ0) is 19.5. The first-order valence-corrected chi connectivity index (χ1v) is 9.93. The lowest BCUT2D eigenvalue weighted by Crippen LogP contribution is -2.41. The SMILES string of the molecule is O=C(COc1ccccc1[N+](=O)[O-])N1CCCC(c2nc3ccccc3s2)C1. The summed E-state index contributed by atoms with van der Waals surface area (Å²) in [6, 6.07) is 14.1. The third kappa shape index (κ3) is 3.82. The number of nitrogens with zero attached hydrogens (tertiary/aromatic N) is 3. The summed E-state index contributed by atoms with van der Waals surface area (Å²) in [5.41, 5.74) is 0.854. The number of benzene rings is 2. The summed E-state index contributed by atoms with van der Waals surface area (Å²) < 4.78 is 6.61. The number of fused-ring (bicyclic) bond motifs is 1. The first-order valence-electron chi connectivity index (χ1n) is 9.11. The van der Waals surface area contributed by atoms with Gasteiger partial charge in [0.25, 0.3) is 5.91 Å². The highest BCUT2D eigenvalue weighted by Gasteiger charge is 2.27. The van der Waals surface area contributed by atoms with Crippen LogP contribution in [0.5, 0.6) is 5.75 Å². The third-order valence-corrected chi connectivity index (χ3v) is 6.05. The molecular formula is C20H19N3O4S. The number of nitro benzene ring substituents is 1. The van der Waals surface area contributed by atoms with Crippen LogP contribution in [0.4, 0.5) is 5.69 Å². The van der Waals surface area contributed by atoms with E-state index in [0.717, 1.165) is 28.1 Å². The van der Waals surface area contributed by atoms with Gasteiger partial charge in [-0.15, -0.1) is 11.3 Å². The molecule has 0 saturated carbocycles. The summed E-state index contributed by atoms with van der Waals surface area (Å²) in [6.07, 6.45) is 1.90. The number of likely N-dealkylation sites (tertiary alicyclic amines) is 1. The van der Waals surface area contributed by atoms with Gasteiger partial charge in [-0.3, -0.25) is 14.9 Å². The summed E-state index contributed by atoms with van der Waals surface area (Å²) in [4.78, 5) is 29.7. The number of amides is 1. The molecule has 1 unspecified atom stereocenters. The highest BCUT2D eigenvalue weighted by molar-refractivity contribution is 7.18. The first kappa shape index (κ1) is 18.4. The van der Waals surface area contributed by atoms with Crippen molar-refractivity contribution >= 4 is 33.1 Å². The molecule has 1 aliphatic heterocycles. The van der Waals surface area contributed by atoms with E-state index in [4.69, 9.17) is 9.72 Å². The molecule has 0 N–H and O–H groups in total.